The second kappa shape index (κ2) is 6.28. The van der Waals surface area contributed by atoms with Gasteiger partial charge in [-0.05, 0) is 37.7 Å². The quantitative estimate of drug-likeness (QED) is 0.840. The van der Waals surface area contributed by atoms with Crippen LogP contribution in [0.2, 0.25) is 0 Å². The van der Waals surface area contributed by atoms with E-state index in [1.165, 1.54) is 6.42 Å². The molecule has 1 aromatic heterocycles. The van der Waals surface area contributed by atoms with Crippen molar-refractivity contribution in [3.05, 3.63) is 18.0 Å². The maximum Gasteiger partial charge on any atom is 0.242 e. The minimum absolute atomic E-state index is 0.149. The molecule has 1 heterocycles. The fourth-order valence-corrected chi connectivity index (χ4v) is 4.10. The van der Waals surface area contributed by atoms with Crippen molar-refractivity contribution < 1.29 is 13.5 Å². The molecule has 1 aliphatic carbocycles. The number of nitrogens with one attached hydrogen (secondary N) is 1. The highest BCUT2D eigenvalue weighted by Gasteiger charge is 2.24. The number of hydrogen-bond acceptors (Lipinski definition) is 3. The van der Waals surface area contributed by atoms with Gasteiger partial charge in [0.15, 0.2) is 0 Å². The van der Waals surface area contributed by atoms with Crippen molar-refractivity contribution in [2.24, 2.45) is 11.8 Å². The van der Waals surface area contributed by atoms with E-state index in [1.54, 1.807) is 16.8 Å². The van der Waals surface area contributed by atoms with Gasteiger partial charge in [0, 0.05) is 25.0 Å². The molecule has 2 unspecified atom stereocenters. The van der Waals surface area contributed by atoms with Crippen molar-refractivity contribution in [3.63, 3.8) is 0 Å². The first kappa shape index (κ1) is 15.5. The van der Waals surface area contributed by atoms with Crippen LogP contribution in [0, 0.1) is 11.8 Å². The second-order valence-corrected chi connectivity index (χ2v) is 7.51. The Morgan fingerprint density at radius 3 is 2.70 bits per heavy atom. The lowest BCUT2D eigenvalue weighted by Gasteiger charge is -2.10. The largest absolute Gasteiger partial charge is 0.390 e. The summed E-state index contributed by atoms with van der Waals surface area (Å²) in [6.45, 7) is 5.14. The zero-order valence-corrected chi connectivity index (χ0v) is 13.0. The Kier molecular flexibility index (Phi) is 4.88. The van der Waals surface area contributed by atoms with Crippen LogP contribution < -0.4 is 4.72 Å². The fraction of sp³-hybridized carbons (Fsp3) is 0.714. The number of aliphatic hydroxyl groups is 1. The average Bonchev–Trinajstić information content (AvgIpc) is 3.02. The van der Waals surface area contributed by atoms with Gasteiger partial charge in [-0.25, -0.2) is 13.1 Å². The van der Waals surface area contributed by atoms with Gasteiger partial charge in [0.05, 0.1) is 11.5 Å². The van der Waals surface area contributed by atoms with E-state index < -0.39 is 10.0 Å². The summed E-state index contributed by atoms with van der Waals surface area (Å²) < 4.78 is 29.0. The maximum atomic E-state index is 12.3. The molecule has 0 spiro atoms. The topological polar surface area (TPSA) is 71.3 Å². The van der Waals surface area contributed by atoms with Crippen molar-refractivity contribution in [3.8, 4) is 0 Å². The molecule has 0 bridgehead atoms. The Hall–Kier alpha value is -0.850. The number of nitrogens with zero attached hydrogens (tertiary/aromatic N) is 1. The summed E-state index contributed by atoms with van der Waals surface area (Å²) in [7, 11) is -3.47. The summed E-state index contributed by atoms with van der Waals surface area (Å²) >= 11 is 0. The van der Waals surface area contributed by atoms with E-state index in [0.29, 0.717) is 30.6 Å². The van der Waals surface area contributed by atoms with Gasteiger partial charge in [-0.3, -0.25) is 0 Å². The lowest BCUT2D eigenvalue weighted by molar-refractivity contribution is 0.271. The summed E-state index contributed by atoms with van der Waals surface area (Å²) in [6, 6.07) is 1.54. The van der Waals surface area contributed by atoms with E-state index in [0.717, 1.165) is 12.8 Å². The predicted octanol–water partition coefficient (Wildman–Crippen LogP) is 1.71. The highest BCUT2D eigenvalue weighted by atomic mass is 32.2. The van der Waals surface area contributed by atoms with Crippen LogP contribution in [0.15, 0.2) is 17.2 Å². The van der Waals surface area contributed by atoms with E-state index in [-0.39, 0.29) is 11.5 Å². The molecule has 2 atom stereocenters. The zero-order chi connectivity index (χ0) is 14.8. The third-order valence-electron chi connectivity index (χ3n) is 4.14. The molecular formula is C14H24N2O3S. The van der Waals surface area contributed by atoms with Crippen LogP contribution in [0.3, 0.4) is 0 Å². The van der Waals surface area contributed by atoms with Gasteiger partial charge in [-0.1, -0.05) is 13.3 Å². The minimum atomic E-state index is -3.47. The molecule has 0 radical (unpaired) electrons. The Morgan fingerprint density at radius 1 is 1.45 bits per heavy atom. The van der Waals surface area contributed by atoms with E-state index >= 15 is 0 Å². The normalized spacial score (nSPS) is 23.4. The SMILES string of the molecule is CCn1cc(S(=O)(=O)NCC2CCC(C)C2)cc1CO. The number of sulfonamides is 1. The molecule has 114 valence electrons. The Bertz CT molecular complexity index is 529. The summed E-state index contributed by atoms with van der Waals surface area (Å²) in [5.41, 5.74) is 0.627. The Labute approximate surface area is 121 Å². The van der Waals surface area contributed by atoms with E-state index in [1.807, 2.05) is 6.92 Å². The molecule has 0 aromatic carbocycles. The van der Waals surface area contributed by atoms with Gasteiger partial charge < -0.3 is 9.67 Å². The highest BCUT2D eigenvalue weighted by molar-refractivity contribution is 7.89. The number of hydrogen-bond donors (Lipinski definition) is 2. The number of aliphatic hydroxyl groups excluding tert-OH is 1. The minimum Gasteiger partial charge on any atom is -0.390 e. The molecular weight excluding hydrogens is 276 g/mol. The molecule has 2 rings (SSSR count). The maximum absolute atomic E-state index is 12.3. The third-order valence-corrected chi connectivity index (χ3v) is 5.53. The van der Waals surface area contributed by atoms with Crippen LogP contribution in [0.4, 0.5) is 0 Å². The van der Waals surface area contributed by atoms with Gasteiger partial charge in [-0.15, -0.1) is 0 Å². The monoisotopic (exact) mass is 300 g/mol. The highest BCUT2D eigenvalue weighted by Crippen LogP contribution is 2.30. The molecule has 1 fully saturated rings. The molecule has 1 aliphatic rings. The standard InChI is InChI=1S/C14H24N2O3S/c1-3-16-9-14(7-13(16)10-17)20(18,19)15-8-12-5-4-11(2)6-12/h7,9,11-12,15,17H,3-6,8,10H2,1-2H3. The van der Waals surface area contributed by atoms with Gasteiger partial charge in [0.25, 0.3) is 0 Å². The lowest BCUT2D eigenvalue weighted by atomic mass is 10.1. The number of aromatic nitrogens is 1. The van der Waals surface area contributed by atoms with Gasteiger partial charge in [0.2, 0.25) is 10.0 Å². The average molecular weight is 300 g/mol. The first-order valence-electron chi connectivity index (χ1n) is 7.25. The van der Waals surface area contributed by atoms with E-state index in [2.05, 4.69) is 11.6 Å². The first-order chi connectivity index (χ1) is 9.46. The van der Waals surface area contributed by atoms with Crippen molar-refractivity contribution >= 4 is 10.0 Å². The van der Waals surface area contributed by atoms with Gasteiger partial charge >= 0.3 is 0 Å². The van der Waals surface area contributed by atoms with Gasteiger partial charge in [0.1, 0.15) is 0 Å². The molecule has 0 saturated heterocycles. The molecule has 1 aromatic rings. The Morgan fingerprint density at radius 2 is 2.20 bits per heavy atom. The van der Waals surface area contributed by atoms with Crippen molar-refractivity contribution in [2.75, 3.05) is 6.54 Å². The molecule has 20 heavy (non-hydrogen) atoms. The second-order valence-electron chi connectivity index (χ2n) is 5.75. The van der Waals surface area contributed by atoms with Crippen molar-refractivity contribution in [2.45, 2.75) is 51.2 Å². The molecule has 0 aliphatic heterocycles. The van der Waals surface area contributed by atoms with Crippen molar-refractivity contribution in [1.82, 2.24) is 9.29 Å². The first-order valence-corrected chi connectivity index (χ1v) is 8.74. The van der Waals surface area contributed by atoms with E-state index in [4.69, 9.17) is 0 Å². The number of rotatable bonds is 6. The van der Waals surface area contributed by atoms with Crippen LogP contribution >= 0.6 is 0 Å². The van der Waals surface area contributed by atoms with Crippen LogP contribution in [0.5, 0.6) is 0 Å². The van der Waals surface area contributed by atoms with E-state index in [9.17, 15) is 13.5 Å². The summed E-state index contributed by atoms with van der Waals surface area (Å²) in [4.78, 5) is 0.245. The number of aryl methyl sites for hydroxylation is 1. The summed E-state index contributed by atoms with van der Waals surface area (Å²) in [5, 5.41) is 9.22. The molecule has 5 nitrogen and oxygen atoms in total. The van der Waals surface area contributed by atoms with Crippen molar-refractivity contribution in [1.29, 1.82) is 0 Å². The molecule has 6 heteroatoms. The molecule has 2 N–H and O–H groups in total. The van der Waals surface area contributed by atoms with Gasteiger partial charge in [-0.2, -0.15) is 0 Å². The fourth-order valence-electron chi connectivity index (χ4n) is 2.92. The summed E-state index contributed by atoms with van der Waals surface area (Å²) in [6.07, 6.45) is 4.97. The third kappa shape index (κ3) is 3.42. The predicted molar refractivity (Wildman–Crippen MR) is 77.7 cm³/mol. The smallest absolute Gasteiger partial charge is 0.242 e. The molecule has 0 amide bonds. The van der Waals surface area contributed by atoms with Crippen LogP contribution in [-0.2, 0) is 23.2 Å². The van der Waals surface area contributed by atoms with Crippen LogP contribution in [0.1, 0.15) is 38.8 Å². The summed E-state index contributed by atoms with van der Waals surface area (Å²) in [5.74, 6) is 1.15. The Balaban J connectivity index is 2.04. The lowest BCUT2D eigenvalue weighted by Crippen LogP contribution is -2.28. The van der Waals surface area contributed by atoms with Crippen LogP contribution in [0.25, 0.3) is 0 Å². The van der Waals surface area contributed by atoms with Crippen LogP contribution in [-0.4, -0.2) is 24.6 Å². The zero-order valence-electron chi connectivity index (χ0n) is 12.2. The molecule has 1 saturated carbocycles.